The summed E-state index contributed by atoms with van der Waals surface area (Å²) in [5.41, 5.74) is 3.77. The number of aliphatic carboxylic acids is 1. The zero-order chi connectivity index (χ0) is 20.4. The van der Waals surface area contributed by atoms with E-state index in [-0.39, 0.29) is 42.8 Å². The number of carbonyl (C=O) groups is 2. The van der Waals surface area contributed by atoms with Crippen molar-refractivity contribution in [3.8, 4) is 0 Å². The van der Waals surface area contributed by atoms with E-state index in [0.29, 0.717) is 6.54 Å². The standard InChI is InChI=1S/C22H32N4O3.2ClH/c1-16(21(27)28)15-24-10-6-19(7-11-24)25-12-13-26(22(25)29)20-3-2-17-4-8-23-9-5-18(17)14-20;;/h2-3,14,16,19,23H,4-13,15H2,1H3,(H,27,28);2*1H. The summed E-state index contributed by atoms with van der Waals surface area (Å²) in [6, 6.07) is 6.87. The minimum Gasteiger partial charge on any atom is -0.481 e. The molecule has 2 fully saturated rings. The summed E-state index contributed by atoms with van der Waals surface area (Å²) in [6.45, 7) is 7.59. The maximum atomic E-state index is 13.1. The van der Waals surface area contributed by atoms with Gasteiger partial charge in [-0.15, -0.1) is 24.8 Å². The lowest BCUT2D eigenvalue weighted by Crippen LogP contribution is -2.47. The Morgan fingerprint density at radius 3 is 2.45 bits per heavy atom. The predicted octanol–water partition coefficient (Wildman–Crippen LogP) is 2.65. The molecule has 0 bridgehead atoms. The van der Waals surface area contributed by atoms with Crippen LogP contribution in [0.5, 0.6) is 0 Å². The van der Waals surface area contributed by atoms with Gasteiger partial charge in [-0.05, 0) is 62.0 Å². The second-order valence-electron chi connectivity index (χ2n) is 8.60. The minimum atomic E-state index is -0.742. The van der Waals surface area contributed by atoms with Crippen molar-refractivity contribution in [3.63, 3.8) is 0 Å². The maximum absolute atomic E-state index is 13.1. The molecule has 1 atom stereocenters. The molecule has 0 aliphatic carbocycles. The third kappa shape index (κ3) is 5.83. The molecule has 0 saturated carbocycles. The molecular formula is C22H34Cl2N4O3. The van der Waals surface area contributed by atoms with Crippen LogP contribution < -0.4 is 10.2 Å². The van der Waals surface area contributed by atoms with E-state index in [4.69, 9.17) is 5.11 Å². The molecule has 31 heavy (non-hydrogen) atoms. The predicted molar refractivity (Wildman–Crippen MR) is 127 cm³/mol. The van der Waals surface area contributed by atoms with E-state index < -0.39 is 5.97 Å². The van der Waals surface area contributed by atoms with E-state index in [2.05, 4.69) is 28.4 Å². The average molecular weight is 473 g/mol. The number of likely N-dealkylation sites (tertiary alicyclic amines) is 1. The molecule has 3 aliphatic rings. The summed E-state index contributed by atoms with van der Waals surface area (Å²) in [4.78, 5) is 30.4. The molecule has 4 rings (SSSR count). The number of nitrogens with zero attached hydrogens (tertiary/aromatic N) is 3. The molecule has 1 aromatic carbocycles. The topological polar surface area (TPSA) is 76.1 Å². The van der Waals surface area contributed by atoms with Gasteiger partial charge >= 0.3 is 12.0 Å². The van der Waals surface area contributed by atoms with Crippen LogP contribution in [0.25, 0.3) is 0 Å². The molecular weight excluding hydrogens is 439 g/mol. The molecule has 2 saturated heterocycles. The number of fused-ring (bicyclic) bond motifs is 1. The first-order valence-electron chi connectivity index (χ1n) is 10.9. The molecule has 3 heterocycles. The highest BCUT2D eigenvalue weighted by Gasteiger charge is 2.36. The van der Waals surface area contributed by atoms with Gasteiger partial charge in [0.1, 0.15) is 0 Å². The highest BCUT2D eigenvalue weighted by Crippen LogP contribution is 2.28. The highest BCUT2D eigenvalue weighted by atomic mass is 35.5. The molecule has 9 heteroatoms. The number of amides is 2. The van der Waals surface area contributed by atoms with Crippen molar-refractivity contribution in [3.05, 3.63) is 29.3 Å². The van der Waals surface area contributed by atoms with E-state index >= 15 is 0 Å². The fraction of sp³-hybridized carbons (Fsp3) is 0.636. The van der Waals surface area contributed by atoms with Gasteiger partial charge in [-0.1, -0.05) is 13.0 Å². The van der Waals surface area contributed by atoms with Crippen molar-refractivity contribution in [2.45, 2.75) is 38.6 Å². The van der Waals surface area contributed by atoms with Crippen molar-refractivity contribution < 1.29 is 14.7 Å². The number of urea groups is 1. The van der Waals surface area contributed by atoms with Gasteiger partial charge in [-0.3, -0.25) is 9.69 Å². The summed E-state index contributed by atoms with van der Waals surface area (Å²) in [5.74, 6) is -1.09. The lowest BCUT2D eigenvalue weighted by atomic mass is 10.0. The second-order valence-corrected chi connectivity index (χ2v) is 8.60. The highest BCUT2D eigenvalue weighted by molar-refractivity contribution is 5.94. The number of rotatable bonds is 5. The molecule has 1 aromatic rings. The Morgan fingerprint density at radius 2 is 1.77 bits per heavy atom. The van der Waals surface area contributed by atoms with Crippen LogP contribution in [0, 0.1) is 5.92 Å². The molecule has 0 aromatic heterocycles. The third-order valence-electron chi connectivity index (χ3n) is 6.64. The van der Waals surface area contributed by atoms with Crippen molar-refractivity contribution >= 4 is 42.5 Å². The molecule has 7 nitrogen and oxygen atoms in total. The van der Waals surface area contributed by atoms with Crippen LogP contribution in [-0.2, 0) is 17.6 Å². The van der Waals surface area contributed by atoms with Gasteiger partial charge < -0.3 is 20.2 Å². The van der Waals surface area contributed by atoms with E-state index in [1.54, 1.807) is 6.92 Å². The van der Waals surface area contributed by atoms with E-state index in [0.717, 1.165) is 70.6 Å². The number of hydrogen-bond acceptors (Lipinski definition) is 4. The maximum Gasteiger partial charge on any atom is 0.324 e. The molecule has 3 aliphatic heterocycles. The van der Waals surface area contributed by atoms with E-state index in [1.165, 1.54) is 11.1 Å². The summed E-state index contributed by atoms with van der Waals surface area (Å²) in [5, 5.41) is 12.5. The third-order valence-corrected chi connectivity index (χ3v) is 6.64. The van der Waals surface area contributed by atoms with Crippen molar-refractivity contribution in [1.82, 2.24) is 15.1 Å². The Kier molecular flexibility index (Phi) is 9.43. The summed E-state index contributed by atoms with van der Waals surface area (Å²) < 4.78 is 0. The zero-order valence-corrected chi connectivity index (χ0v) is 19.7. The first-order chi connectivity index (χ1) is 14.0. The number of carboxylic acid groups (broad SMARTS) is 1. The molecule has 0 spiro atoms. The fourth-order valence-electron chi connectivity index (χ4n) is 4.84. The summed E-state index contributed by atoms with van der Waals surface area (Å²) >= 11 is 0. The molecule has 174 valence electrons. The quantitative estimate of drug-likeness (QED) is 0.688. The number of halogens is 2. The zero-order valence-electron chi connectivity index (χ0n) is 18.1. The lowest BCUT2D eigenvalue weighted by Gasteiger charge is -2.37. The van der Waals surface area contributed by atoms with Crippen molar-refractivity contribution in [2.24, 2.45) is 5.92 Å². The van der Waals surface area contributed by atoms with Crippen LogP contribution in [0.4, 0.5) is 10.5 Å². The first kappa shape index (κ1) is 25.7. The van der Waals surface area contributed by atoms with Gasteiger partial charge in [0, 0.05) is 44.5 Å². The largest absolute Gasteiger partial charge is 0.481 e. The number of carbonyl (C=O) groups excluding carboxylic acids is 1. The van der Waals surface area contributed by atoms with Crippen LogP contribution in [-0.4, -0.2) is 78.8 Å². The van der Waals surface area contributed by atoms with Gasteiger partial charge in [-0.2, -0.15) is 0 Å². The van der Waals surface area contributed by atoms with Gasteiger partial charge in [0.25, 0.3) is 0 Å². The SMILES string of the molecule is CC(CN1CCC(N2CCN(c3ccc4c(c3)CCNCC4)C2=O)CC1)C(=O)O.Cl.Cl. The summed E-state index contributed by atoms with van der Waals surface area (Å²) in [7, 11) is 0. The van der Waals surface area contributed by atoms with Crippen molar-refractivity contribution in [1.29, 1.82) is 0 Å². The van der Waals surface area contributed by atoms with E-state index in [9.17, 15) is 9.59 Å². The number of nitrogens with one attached hydrogen (secondary N) is 1. The van der Waals surface area contributed by atoms with Crippen LogP contribution in [0.1, 0.15) is 30.9 Å². The van der Waals surface area contributed by atoms with Crippen LogP contribution in [0.15, 0.2) is 18.2 Å². The Hall–Kier alpha value is -1.54. The Bertz CT molecular complexity index is 771. The lowest BCUT2D eigenvalue weighted by molar-refractivity contribution is -0.141. The van der Waals surface area contributed by atoms with Crippen molar-refractivity contribution in [2.75, 3.05) is 50.7 Å². The van der Waals surface area contributed by atoms with Crippen LogP contribution in [0.3, 0.4) is 0 Å². The minimum absolute atomic E-state index is 0. The number of benzene rings is 1. The Morgan fingerprint density at radius 1 is 1.10 bits per heavy atom. The molecule has 1 unspecified atom stereocenters. The smallest absolute Gasteiger partial charge is 0.324 e. The molecule has 2 amide bonds. The first-order valence-corrected chi connectivity index (χ1v) is 10.9. The van der Waals surface area contributed by atoms with Gasteiger partial charge in [-0.25, -0.2) is 4.79 Å². The Balaban J connectivity index is 0.00000171. The number of carboxylic acids is 1. The van der Waals surface area contributed by atoms with Gasteiger partial charge in [0.15, 0.2) is 0 Å². The normalized spacial score (nSPS) is 21.0. The monoisotopic (exact) mass is 472 g/mol. The van der Waals surface area contributed by atoms with Gasteiger partial charge in [0.05, 0.1) is 5.92 Å². The number of hydrogen-bond donors (Lipinski definition) is 2. The molecule has 2 N–H and O–H groups in total. The van der Waals surface area contributed by atoms with E-state index in [1.807, 2.05) is 9.80 Å². The fourth-order valence-corrected chi connectivity index (χ4v) is 4.84. The average Bonchev–Trinajstić information content (AvgIpc) is 2.95. The summed E-state index contributed by atoms with van der Waals surface area (Å²) in [6.07, 6.45) is 3.90. The number of anilines is 1. The van der Waals surface area contributed by atoms with Crippen LogP contribution >= 0.6 is 24.8 Å². The van der Waals surface area contributed by atoms with Gasteiger partial charge in [0.2, 0.25) is 0 Å². The second kappa shape index (κ2) is 11.4. The number of piperidine rings is 1. The van der Waals surface area contributed by atoms with Crippen LogP contribution in [0.2, 0.25) is 0 Å². The Labute approximate surface area is 197 Å². The molecule has 0 radical (unpaired) electrons.